The number of sulfonamides is 1. The van der Waals surface area contributed by atoms with Crippen molar-refractivity contribution in [1.29, 1.82) is 0 Å². The summed E-state index contributed by atoms with van der Waals surface area (Å²) in [7, 11) is -2.01. The average Bonchev–Trinajstić information content (AvgIpc) is 2.34. The minimum Gasteiger partial charge on any atom is -0.493 e. The van der Waals surface area contributed by atoms with Gasteiger partial charge in [0.2, 0.25) is 10.0 Å². The molecule has 0 radical (unpaired) electrons. The summed E-state index contributed by atoms with van der Waals surface area (Å²) in [6.45, 7) is 9.16. The molecule has 1 heterocycles. The normalized spacial score (nSPS) is 20.5. The molecule has 0 amide bonds. The lowest BCUT2D eigenvalue weighted by molar-refractivity contribution is 0.0733. The van der Waals surface area contributed by atoms with Gasteiger partial charge in [0, 0.05) is 16.4 Å². The van der Waals surface area contributed by atoms with Crippen molar-refractivity contribution >= 4 is 10.0 Å². The van der Waals surface area contributed by atoms with Crippen molar-refractivity contribution in [2.45, 2.75) is 38.0 Å². The van der Waals surface area contributed by atoms with Crippen molar-refractivity contribution in [3.63, 3.8) is 0 Å². The molecule has 1 aromatic rings. The Morgan fingerprint density at radius 2 is 1.84 bits per heavy atom. The Bertz CT molecular complexity index is 603. The second-order valence-corrected chi connectivity index (χ2v) is 8.05. The van der Waals surface area contributed by atoms with Crippen molar-refractivity contribution in [3.05, 3.63) is 23.8 Å². The SMILES string of the molecule is CNS(=O)(=O)c1ccc2c(c1)C(C)(C)C(C)(C)CO2. The maximum absolute atomic E-state index is 11.9. The summed E-state index contributed by atoms with van der Waals surface area (Å²) in [6.07, 6.45) is 0. The van der Waals surface area contributed by atoms with Crippen LogP contribution in [0.4, 0.5) is 0 Å². The quantitative estimate of drug-likeness (QED) is 0.906. The molecule has 5 heteroatoms. The van der Waals surface area contributed by atoms with Crippen LogP contribution in [-0.2, 0) is 15.4 Å². The molecule has 1 aromatic carbocycles. The van der Waals surface area contributed by atoms with Gasteiger partial charge in [-0.05, 0) is 25.2 Å². The molecule has 0 bridgehead atoms. The number of rotatable bonds is 2. The third kappa shape index (κ3) is 2.15. The summed E-state index contributed by atoms with van der Waals surface area (Å²) >= 11 is 0. The highest BCUT2D eigenvalue weighted by atomic mass is 32.2. The number of fused-ring (bicyclic) bond motifs is 1. The summed E-state index contributed by atoms with van der Waals surface area (Å²) in [4.78, 5) is 0.281. The van der Waals surface area contributed by atoms with E-state index in [2.05, 4.69) is 32.4 Å². The number of hydrogen-bond donors (Lipinski definition) is 1. The van der Waals surface area contributed by atoms with Gasteiger partial charge in [0.1, 0.15) is 5.75 Å². The first-order chi connectivity index (χ1) is 8.62. The highest BCUT2D eigenvalue weighted by Crippen LogP contribution is 2.49. The van der Waals surface area contributed by atoms with E-state index in [0.717, 1.165) is 11.3 Å². The molecule has 0 spiro atoms. The Labute approximate surface area is 115 Å². The maximum atomic E-state index is 11.9. The van der Waals surface area contributed by atoms with Crippen LogP contribution in [0.3, 0.4) is 0 Å². The smallest absolute Gasteiger partial charge is 0.240 e. The van der Waals surface area contributed by atoms with Crippen LogP contribution in [0, 0.1) is 5.41 Å². The molecule has 0 aromatic heterocycles. The molecule has 1 aliphatic heterocycles. The van der Waals surface area contributed by atoms with Crippen LogP contribution in [-0.4, -0.2) is 22.1 Å². The van der Waals surface area contributed by atoms with Gasteiger partial charge < -0.3 is 4.74 Å². The first-order valence-corrected chi connectivity index (χ1v) is 7.81. The van der Waals surface area contributed by atoms with Gasteiger partial charge in [0.05, 0.1) is 11.5 Å². The van der Waals surface area contributed by atoms with E-state index in [1.165, 1.54) is 7.05 Å². The first kappa shape index (κ1) is 14.3. The third-order valence-electron chi connectivity index (χ3n) is 4.48. The van der Waals surface area contributed by atoms with Gasteiger partial charge in [-0.25, -0.2) is 13.1 Å². The molecule has 4 nitrogen and oxygen atoms in total. The van der Waals surface area contributed by atoms with Gasteiger partial charge in [-0.2, -0.15) is 0 Å². The predicted molar refractivity (Wildman–Crippen MR) is 75.0 cm³/mol. The van der Waals surface area contributed by atoms with Gasteiger partial charge in [-0.3, -0.25) is 0 Å². The summed E-state index contributed by atoms with van der Waals surface area (Å²) in [5.41, 5.74) is 0.738. The highest BCUT2D eigenvalue weighted by Gasteiger charge is 2.44. The van der Waals surface area contributed by atoms with Crippen molar-refractivity contribution in [3.8, 4) is 5.75 Å². The van der Waals surface area contributed by atoms with Gasteiger partial charge >= 0.3 is 0 Å². The molecule has 0 fully saturated rings. The fraction of sp³-hybridized carbons (Fsp3) is 0.571. The zero-order chi connectivity index (χ0) is 14.5. The first-order valence-electron chi connectivity index (χ1n) is 6.33. The number of nitrogens with one attached hydrogen (secondary N) is 1. The summed E-state index contributed by atoms with van der Waals surface area (Å²) < 4.78 is 31.9. The van der Waals surface area contributed by atoms with Gasteiger partial charge in [0.15, 0.2) is 0 Å². The minimum absolute atomic E-state index is 0.0535. The monoisotopic (exact) mass is 283 g/mol. The minimum atomic E-state index is -3.42. The van der Waals surface area contributed by atoms with Crippen LogP contribution in [0.1, 0.15) is 33.3 Å². The Morgan fingerprint density at radius 3 is 2.42 bits per heavy atom. The van der Waals surface area contributed by atoms with Crippen LogP contribution in [0.2, 0.25) is 0 Å². The van der Waals surface area contributed by atoms with Gasteiger partial charge in [0.25, 0.3) is 0 Å². The van der Waals surface area contributed by atoms with Gasteiger partial charge in [-0.15, -0.1) is 0 Å². The molecule has 0 aliphatic carbocycles. The lowest BCUT2D eigenvalue weighted by Gasteiger charge is -2.46. The Hall–Kier alpha value is -1.07. The lowest BCUT2D eigenvalue weighted by Crippen LogP contribution is -2.44. The van der Waals surface area contributed by atoms with Crippen molar-refractivity contribution in [1.82, 2.24) is 4.72 Å². The Kier molecular flexibility index (Phi) is 3.18. The topological polar surface area (TPSA) is 55.4 Å². The number of hydrogen-bond acceptors (Lipinski definition) is 3. The van der Waals surface area contributed by atoms with Crippen LogP contribution in [0.15, 0.2) is 23.1 Å². The van der Waals surface area contributed by atoms with Crippen LogP contribution < -0.4 is 9.46 Å². The second kappa shape index (κ2) is 4.21. The van der Waals surface area contributed by atoms with Crippen molar-refractivity contribution in [2.24, 2.45) is 5.41 Å². The summed E-state index contributed by atoms with van der Waals surface area (Å²) in [5.74, 6) is 0.777. The molecule has 0 atom stereocenters. The number of benzene rings is 1. The predicted octanol–water partition coefficient (Wildman–Crippen LogP) is 2.29. The summed E-state index contributed by atoms with van der Waals surface area (Å²) in [5, 5.41) is 0. The molecule has 0 unspecified atom stereocenters. The molecule has 19 heavy (non-hydrogen) atoms. The van der Waals surface area contributed by atoms with Gasteiger partial charge in [-0.1, -0.05) is 27.7 Å². The molecule has 0 saturated heterocycles. The fourth-order valence-corrected chi connectivity index (χ4v) is 2.97. The Morgan fingerprint density at radius 1 is 1.21 bits per heavy atom. The highest BCUT2D eigenvalue weighted by molar-refractivity contribution is 7.89. The number of ether oxygens (including phenoxy) is 1. The Balaban J connectivity index is 2.63. The fourth-order valence-electron chi connectivity index (χ4n) is 2.21. The van der Waals surface area contributed by atoms with E-state index in [1.807, 2.05) is 0 Å². The average molecular weight is 283 g/mol. The van der Waals surface area contributed by atoms with Crippen molar-refractivity contribution in [2.75, 3.05) is 13.7 Å². The van der Waals surface area contributed by atoms with E-state index in [1.54, 1.807) is 18.2 Å². The molecule has 0 saturated carbocycles. The van der Waals surface area contributed by atoms with E-state index >= 15 is 0 Å². The standard InChI is InChI=1S/C14H21NO3S/c1-13(2)9-18-12-7-6-10(19(16,17)15-5)8-11(12)14(13,3)4/h6-8,15H,9H2,1-5H3. The van der Waals surface area contributed by atoms with Crippen molar-refractivity contribution < 1.29 is 13.2 Å². The molecule has 1 N–H and O–H groups in total. The molecule has 106 valence electrons. The van der Waals surface area contributed by atoms with E-state index in [-0.39, 0.29) is 15.7 Å². The third-order valence-corrected chi connectivity index (χ3v) is 5.90. The molecular formula is C14H21NO3S. The molecule has 2 rings (SSSR count). The van der Waals surface area contributed by atoms with E-state index < -0.39 is 10.0 Å². The zero-order valence-electron chi connectivity index (χ0n) is 12.1. The molecular weight excluding hydrogens is 262 g/mol. The lowest BCUT2D eigenvalue weighted by atomic mass is 9.63. The largest absolute Gasteiger partial charge is 0.493 e. The van der Waals surface area contributed by atoms with Crippen LogP contribution in [0.5, 0.6) is 5.75 Å². The van der Waals surface area contributed by atoms with Crippen LogP contribution >= 0.6 is 0 Å². The zero-order valence-corrected chi connectivity index (χ0v) is 12.9. The second-order valence-electron chi connectivity index (χ2n) is 6.16. The maximum Gasteiger partial charge on any atom is 0.240 e. The molecule has 1 aliphatic rings. The van der Waals surface area contributed by atoms with E-state index in [0.29, 0.717) is 6.61 Å². The van der Waals surface area contributed by atoms with E-state index in [9.17, 15) is 8.42 Å². The van der Waals surface area contributed by atoms with E-state index in [4.69, 9.17) is 4.74 Å². The summed E-state index contributed by atoms with van der Waals surface area (Å²) in [6, 6.07) is 5.05. The van der Waals surface area contributed by atoms with Crippen LogP contribution in [0.25, 0.3) is 0 Å².